The molecular formula is C22H24N4O3. The van der Waals surface area contributed by atoms with Gasteiger partial charge in [-0.1, -0.05) is 13.8 Å². The van der Waals surface area contributed by atoms with Gasteiger partial charge >= 0.3 is 5.97 Å². The Morgan fingerprint density at radius 1 is 1.28 bits per heavy atom. The van der Waals surface area contributed by atoms with Gasteiger partial charge in [-0.2, -0.15) is 0 Å². The molecule has 3 aromatic rings. The number of rotatable bonds is 3. The summed E-state index contributed by atoms with van der Waals surface area (Å²) in [6.07, 6.45) is 2.37. The Balaban J connectivity index is 1.69. The number of esters is 1. The van der Waals surface area contributed by atoms with Crippen molar-refractivity contribution >= 4 is 22.8 Å². The highest BCUT2D eigenvalue weighted by molar-refractivity contribution is 5.98. The summed E-state index contributed by atoms with van der Waals surface area (Å²) in [5, 5.41) is 0.949. The zero-order valence-corrected chi connectivity index (χ0v) is 17.1. The number of ether oxygens (including phenoxy) is 1. The average molecular weight is 392 g/mol. The Hall–Kier alpha value is -3.22. The number of benzene rings is 1. The first kappa shape index (κ1) is 19.1. The number of nitrogens with one attached hydrogen (secondary N) is 1. The van der Waals surface area contributed by atoms with Crippen molar-refractivity contribution in [2.24, 2.45) is 0 Å². The summed E-state index contributed by atoms with van der Waals surface area (Å²) in [5.74, 6) is 0.367. The van der Waals surface area contributed by atoms with E-state index in [1.54, 1.807) is 12.3 Å². The molecule has 0 atom stereocenters. The highest BCUT2D eigenvalue weighted by atomic mass is 16.5. The van der Waals surface area contributed by atoms with Crippen LogP contribution in [-0.2, 0) is 17.7 Å². The second-order valence-electron chi connectivity index (χ2n) is 7.68. The summed E-state index contributed by atoms with van der Waals surface area (Å²) in [6, 6.07) is 5.47. The van der Waals surface area contributed by atoms with E-state index in [1.165, 1.54) is 7.11 Å². The molecule has 1 aliphatic rings. The lowest BCUT2D eigenvalue weighted by Crippen LogP contribution is -2.36. The maximum absolute atomic E-state index is 13.3. The molecule has 0 fully saturated rings. The maximum atomic E-state index is 13.3. The van der Waals surface area contributed by atoms with Crippen molar-refractivity contribution in [1.29, 1.82) is 0 Å². The van der Waals surface area contributed by atoms with E-state index in [-0.39, 0.29) is 17.8 Å². The van der Waals surface area contributed by atoms with Gasteiger partial charge < -0.3 is 14.6 Å². The van der Waals surface area contributed by atoms with Crippen molar-refractivity contribution in [1.82, 2.24) is 19.9 Å². The summed E-state index contributed by atoms with van der Waals surface area (Å²) in [7, 11) is 1.37. The first-order valence-corrected chi connectivity index (χ1v) is 9.73. The van der Waals surface area contributed by atoms with Crippen molar-refractivity contribution in [3.63, 3.8) is 0 Å². The fraction of sp³-hybridized carbons (Fsp3) is 0.364. The number of hydrogen-bond donors (Lipinski definition) is 1. The number of aromatic amines is 1. The largest absolute Gasteiger partial charge is 0.465 e. The van der Waals surface area contributed by atoms with Crippen molar-refractivity contribution in [3.05, 3.63) is 58.3 Å². The maximum Gasteiger partial charge on any atom is 0.337 e. The Labute approximate surface area is 169 Å². The van der Waals surface area contributed by atoms with E-state index >= 15 is 0 Å². The van der Waals surface area contributed by atoms with E-state index in [0.717, 1.165) is 34.3 Å². The number of H-pyrrole nitrogens is 1. The number of hydrogen-bond acceptors (Lipinski definition) is 5. The molecule has 1 amide bonds. The smallest absolute Gasteiger partial charge is 0.337 e. The van der Waals surface area contributed by atoms with Gasteiger partial charge in [0.1, 0.15) is 5.82 Å². The van der Waals surface area contributed by atoms with Crippen molar-refractivity contribution in [3.8, 4) is 0 Å². The van der Waals surface area contributed by atoms with Crippen LogP contribution < -0.4 is 0 Å². The molecule has 7 heteroatoms. The van der Waals surface area contributed by atoms with Crippen molar-refractivity contribution in [2.75, 3.05) is 13.7 Å². The van der Waals surface area contributed by atoms with Crippen molar-refractivity contribution < 1.29 is 14.3 Å². The topological polar surface area (TPSA) is 88.2 Å². The molecule has 0 bridgehead atoms. The molecule has 2 aromatic heterocycles. The van der Waals surface area contributed by atoms with Crippen LogP contribution in [0.15, 0.2) is 24.4 Å². The van der Waals surface area contributed by atoms with Crippen LogP contribution in [0.25, 0.3) is 10.9 Å². The zero-order chi connectivity index (χ0) is 20.7. The Morgan fingerprint density at radius 3 is 2.79 bits per heavy atom. The zero-order valence-electron chi connectivity index (χ0n) is 17.1. The lowest BCUT2D eigenvalue weighted by Gasteiger charge is -2.28. The van der Waals surface area contributed by atoms with Gasteiger partial charge in [0.15, 0.2) is 0 Å². The standard InChI is InChI=1S/C22H24N4O3/c1-12(2)20-16(10-23-13(3)24-20)21(27)26-8-7-19-17(11-26)15-9-14(22(28)29-4)5-6-18(15)25-19/h5-6,9-10,12,25H,7-8,11H2,1-4H3. The van der Waals surface area contributed by atoms with Gasteiger partial charge in [0.05, 0.1) is 23.9 Å². The first-order chi connectivity index (χ1) is 13.9. The summed E-state index contributed by atoms with van der Waals surface area (Å²) in [6.45, 7) is 6.98. The first-order valence-electron chi connectivity index (χ1n) is 9.73. The Bertz CT molecular complexity index is 1120. The van der Waals surface area contributed by atoms with E-state index in [0.29, 0.717) is 30.0 Å². The fourth-order valence-electron chi connectivity index (χ4n) is 3.90. The van der Waals surface area contributed by atoms with E-state index in [4.69, 9.17) is 4.74 Å². The predicted molar refractivity (Wildman–Crippen MR) is 109 cm³/mol. The Morgan fingerprint density at radius 2 is 2.07 bits per heavy atom. The minimum Gasteiger partial charge on any atom is -0.465 e. The molecule has 150 valence electrons. The van der Waals surface area contributed by atoms with E-state index in [9.17, 15) is 9.59 Å². The minimum absolute atomic E-state index is 0.0576. The monoisotopic (exact) mass is 392 g/mol. The normalized spacial score (nSPS) is 13.6. The van der Waals surface area contributed by atoms with Crippen LogP contribution in [0.1, 0.15) is 63.3 Å². The second kappa shape index (κ2) is 7.31. The molecule has 1 N–H and O–H groups in total. The van der Waals surface area contributed by atoms with Gasteiger partial charge in [0, 0.05) is 47.9 Å². The molecule has 0 unspecified atom stereocenters. The summed E-state index contributed by atoms with van der Waals surface area (Å²) in [4.78, 5) is 39.2. The molecule has 0 aliphatic carbocycles. The summed E-state index contributed by atoms with van der Waals surface area (Å²) in [5.41, 5.74) is 4.95. The van der Waals surface area contributed by atoms with Crippen LogP contribution in [0.3, 0.4) is 0 Å². The van der Waals surface area contributed by atoms with Crippen LogP contribution in [0, 0.1) is 6.92 Å². The number of carbonyl (C=O) groups is 2. The molecule has 4 rings (SSSR count). The summed E-state index contributed by atoms with van der Waals surface area (Å²) < 4.78 is 4.84. The van der Waals surface area contributed by atoms with E-state index < -0.39 is 0 Å². The molecule has 1 aromatic carbocycles. The number of fused-ring (bicyclic) bond motifs is 3. The van der Waals surface area contributed by atoms with Crippen LogP contribution in [0.5, 0.6) is 0 Å². The number of methoxy groups -OCH3 is 1. The molecule has 0 spiro atoms. The highest BCUT2D eigenvalue weighted by Crippen LogP contribution is 2.30. The van der Waals surface area contributed by atoms with Crippen LogP contribution in [-0.4, -0.2) is 45.4 Å². The third-order valence-corrected chi connectivity index (χ3v) is 5.40. The van der Waals surface area contributed by atoms with Crippen molar-refractivity contribution in [2.45, 2.75) is 39.7 Å². The molecule has 3 heterocycles. The van der Waals surface area contributed by atoms with Gasteiger partial charge in [-0.05, 0) is 31.0 Å². The van der Waals surface area contributed by atoms with Crippen LogP contribution >= 0.6 is 0 Å². The molecular weight excluding hydrogens is 368 g/mol. The average Bonchev–Trinajstić information content (AvgIpc) is 3.09. The SMILES string of the molecule is COC(=O)c1ccc2[nH]c3c(c2c1)CN(C(=O)c1cnc(C)nc1C(C)C)CC3. The van der Waals surface area contributed by atoms with Gasteiger partial charge in [0.25, 0.3) is 5.91 Å². The number of carbonyl (C=O) groups excluding carboxylic acids is 2. The van der Waals surface area contributed by atoms with E-state index in [2.05, 4.69) is 15.0 Å². The summed E-state index contributed by atoms with van der Waals surface area (Å²) >= 11 is 0. The number of nitrogens with zero attached hydrogens (tertiary/aromatic N) is 3. The Kier molecular flexibility index (Phi) is 4.82. The number of aryl methyl sites for hydroxylation is 1. The van der Waals surface area contributed by atoms with E-state index in [1.807, 2.05) is 37.8 Å². The molecule has 29 heavy (non-hydrogen) atoms. The van der Waals surface area contributed by atoms with Crippen LogP contribution in [0.2, 0.25) is 0 Å². The number of amides is 1. The van der Waals surface area contributed by atoms with Gasteiger partial charge in [-0.15, -0.1) is 0 Å². The molecule has 1 aliphatic heterocycles. The molecule has 7 nitrogen and oxygen atoms in total. The quantitative estimate of drug-likeness (QED) is 0.691. The molecule has 0 saturated carbocycles. The van der Waals surface area contributed by atoms with Gasteiger partial charge in [-0.25, -0.2) is 14.8 Å². The minimum atomic E-state index is -0.371. The number of aromatic nitrogens is 3. The van der Waals surface area contributed by atoms with Crippen LogP contribution in [0.4, 0.5) is 0 Å². The lowest BCUT2D eigenvalue weighted by molar-refractivity contribution is 0.0600. The predicted octanol–water partition coefficient (Wildman–Crippen LogP) is 3.37. The highest BCUT2D eigenvalue weighted by Gasteiger charge is 2.27. The third kappa shape index (κ3) is 3.37. The van der Waals surface area contributed by atoms with Gasteiger partial charge in [0.2, 0.25) is 0 Å². The second-order valence-corrected chi connectivity index (χ2v) is 7.68. The molecule has 0 radical (unpaired) electrons. The molecule has 0 saturated heterocycles. The fourth-order valence-corrected chi connectivity index (χ4v) is 3.90. The van der Waals surface area contributed by atoms with Gasteiger partial charge in [-0.3, -0.25) is 4.79 Å². The lowest BCUT2D eigenvalue weighted by atomic mass is 10.0. The third-order valence-electron chi connectivity index (χ3n) is 5.40.